The van der Waals surface area contributed by atoms with E-state index in [0.29, 0.717) is 16.9 Å². The van der Waals surface area contributed by atoms with Gasteiger partial charge in [-0.2, -0.15) is 0 Å². The number of rotatable bonds is 5. The molecule has 0 fully saturated rings. The number of nitrogens with one attached hydrogen (secondary N) is 1. The van der Waals surface area contributed by atoms with Crippen LogP contribution in [0.3, 0.4) is 0 Å². The fourth-order valence-corrected chi connectivity index (χ4v) is 3.26. The van der Waals surface area contributed by atoms with Crippen LogP contribution in [0.1, 0.15) is 17.0 Å². The van der Waals surface area contributed by atoms with Crippen LogP contribution in [0.15, 0.2) is 72.0 Å². The zero-order valence-corrected chi connectivity index (χ0v) is 15.3. The monoisotopic (exact) mass is 374 g/mol. The molecule has 1 atom stereocenters. The first kappa shape index (κ1) is 17.9. The summed E-state index contributed by atoms with van der Waals surface area (Å²) in [5.74, 6) is -1.39. The van der Waals surface area contributed by atoms with Crippen LogP contribution in [0, 0.1) is 5.82 Å². The maximum Gasteiger partial charge on any atom is 0.237 e. The molecule has 6 heteroatoms. The number of anilines is 2. The number of pyridine rings is 1. The van der Waals surface area contributed by atoms with Gasteiger partial charge in [-0.05, 0) is 48.0 Å². The second kappa shape index (κ2) is 7.60. The summed E-state index contributed by atoms with van der Waals surface area (Å²) in [4.78, 5) is 22.8. The van der Waals surface area contributed by atoms with Gasteiger partial charge in [-0.3, -0.25) is 14.8 Å². The van der Waals surface area contributed by atoms with Gasteiger partial charge < -0.3 is 10.2 Å². The van der Waals surface area contributed by atoms with Gasteiger partial charge in [-0.1, -0.05) is 12.1 Å². The second-order valence-electron chi connectivity index (χ2n) is 6.68. The molecule has 3 aromatic rings. The number of benzene rings is 2. The predicted octanol–water partition coefficient (Wildman–Crippen LogP) is 4.30. The third kappa shape index (κ3) is 3.62. The number of fused-ring (bicyclic) bond motifs is 1. The zero-order chi connectivity index (χ0) is 19.5. The fraction of sp³-hybridized carbons (Fsp3) is 0.136. The van der Waals surface area contributed by atoms with Crippen LogP contribution in [-0.2, 0) is 11.3 Å². The first-order valence-corrected chi connectivity index (χ1v) is 8.95. The normalized spacial score (nSPS) is 15.5. The van der Waals surface area contributed by atoms with Gasteiger partial charge >= 0.3 is 0 Å². The lowest BCUT2D eigenvalue weighted by molar-refractivity contribution is -0.115. The van der Waals surface area contributed by atoms with Crippen molar-refractivity contribution in [1.82, 2.24) is 4.98 Å². The summed E-state index contributed by atoms with van der Waals surface area (Å²) in [6.45, 7) is 0.745. The summed E-state index contributed by atoms with van der Waals surface area (Å²) in [5.41, 5.74) is 3.73. The Morgan fingerprint density at radius 3 is 2.75 bits per heavy atom. The van der Waals surface area contributed by atoms with Crippen LogP contribution in [0.4, 0.5) is 21.5 Å². The number of carbonyl (C=O) groups is 1. The number of aliphatic imine (C=N–C) groups is 1. The van der Waals surface area contributed by atoms with Crippen molar-refractivity contribution >= 4 is 29.2 Å². The Labute approximate surface area is 162 Å². The highest BCUT2D eigenvalue weighted by Crippen LogP contribution is 2.33. The van der Waals surface area contributed by atoms with E-state index >= 15 is 0 Å². The highest BCUT2D eigenvalue weighted by molar-refractivity contribution is 6.12. The van der Waals surface area contributed by atoms with Crippen molar-refractivity contribution in [2.24, 2.45) is 4.99 Å². The molecule has 1 aromatic heterocycles. The Bertz CT molecular complexity index is 1020. The summed E-state index contributed by atoms with van der Waals surface area (Å²) < 4.78 is 14.1. The van der Waals surface area contributed by atoms with Crippen molar-refractivity contribution in [3.63, 3.8) is 0 Å². The molecule has 1 unspecified atom stereocenters. The van der Waals surface area contributed by atoms with E-state index in [1.807, 2.05) is 49.6 Å². The number of amides is 1. The van der Waals surface area contributed by atoms with Gasteiger partial charge in [0.15, 0.2) is 0 Å². The van der Waals surface area contributed by atoms with Crippen molar-refractivity contribution in [2.45, 2.75) is 12.5 Å². The molecule has 28 heavy (non-hydrogen) atoms. The van der Waals surface area contributed by atoms with Crippen LogP contribution >= 0.6 is 0 Å². The molecule has 1 aliphatic rings. The van der Waals surface area contributed by atoms with E-state index in [9.17, 15) is 9.18 Å². The van der Waals surface area contributed by atoms with E-state index in [1.54, 1.807) is 18.3 Å². The van der Waals surface area contributed by atoms with Crippen LogP contribution in [0.2, 0.25) is 0 Å². The van der Waals surface area contributed by atoms with Crippen molar-refractivity contribution in [2.75, 3.05) is 17.3 Å². The minimum atomic E-state index is -0.718. The topological polar surface area (TPSA) is 57.6 Å². The minimum absolute atomic E-state index is 0.267. The molecule has 0 saturated carbocycles. The Kier molecular flexibility index (Phi) is 4.85. The van der Waals surface area contributed by atoms with Gasteiger partial charge in [0.05, 0.1) is 5.69 Å². The molecule has 1 N–H and O–H groups in total. The van der Waals surface area contributed by atoms with Crippen LogP contribution < -0.4 is 10.2 Å². The molecule has 0 radical (unpaired) electrons. The second-order valence-corrected chi connectivity index (χ2v) is 6.68. The molecule has 5 nitrogen and oxygen atoms in total. The fourth-order valence-electron chi connectivity index (χ4n) is 3.26. The standard InChI is InChI=1S/C22H19FN4O/c1-27(14-15-4-3-11-24-12-15)17-9-7-16(8-10-17)25-13-18-21-19(23)5-2-6-20(21)26-22(18)28/h2-13,18H,14H2,1H3,(H,26,28). The number of halogens is 1. The molecule has 0 bridgehead atoms. The highest BCUT2D eigenvalue weighted by Gasteiger charge is 2.31. The molecule has 2 heterocycles. The third-order valence-electron chi connectivity index (χ3n) is 4.71. The molecule has 4 rings (SSSR count). The van der Waals surface area contributed by atoms with Crippen LogP contribution in [0.5, 0.6) is 0 Å². The van der Waals surface area contributed by atoms with Gasteiger partial charge in [-0.15, -0.1) is 0 Å². The van der Waals surface area contributed by atoms with Crippen molar-refractivity contribution in [3.05, 3.63) is 83.9 Å². The molecular formula is C22H19FN4O. The first-order valence-electron chi connectivity index (χ1n) is 8.95. The summed E-state index contributed by atoms with van der Waals surface area (Å²) in [6.07, 6.45) is 5.10. The maximum absolute atomic E-state index is 14.1. The Balaban J connectivity index is 1.47. The Hall–Kier alpha value is -3.54. The first-order chi connectivity index (χ1) is 13.6. The van der Waals surface area contributed by atoms with E-state index in [1.165, 1.54) is 12.3 Å². The van der Waals surface area contributed by atoms with Crippen molar-refractivity contribution in [3.8, 4) is 0 Å². The molecule has 1 aliphatic heterocycles. The van der Waals surface area contributed by atoms with E-state index in [-0.39, 0.29) is 5.91 Å². The third-order valence-corrected chi connectivity index (χ3v) is 4.71. The molecule has 140 valence electrons. The van der Waals surface area contributed by atoms with Gasteiger partial charge in [0.2, 0.25) is 5.91 Å². The quantitative estimate of drug-likeness (QED) is 0.678. The summed E-state index contributed by atoms with van der Waals surface area (Å²) in [7, 11) is 2.01. The van der Waals surface area contributed by atoms with E-state index < -0.39 is 11.7 Å². The lowest BCUT2D eigenvalue weighted by atomic mass is 10.0. The van der Waals surface area contributed by atoms with E-state index in [2.05, 4.69) is 20.2 Å². The summed E-state index contributed by atoms with van der Waals surface area (Å²) >= 11 is 0. The molecule has 0 saturated heterocycles. The number of aromatic nitrogens is 1. The van der Waals surface area contributed by atoms with Gasteiger partial charge in [0.25, 0.3) is 0 Å². The van der Waals surface area contributed by atoms with E-state index in [4.69, 9.17) is 0 Å². The van der Waals surface area contributed by atoms with Gasteiger partial charge in [0.1, 0.15) is 11.7 Å². The molecule has 0 aliphatic carbocycles. The predicted molar refractivity (Wildman–Crippen MR) is 109 cm³/mol. The number of hydrogen-bond acceptors (Lipinski definition) is 4. The van der Waals surface area contributed by atoms with Gasteiger partial charge in [0, 0.05) is 49.1 Å². The average molecular weight is 374 g/mol. The van der Waals surface area contributed by atoms with Crippen LogP contribution in [0.25, 0.3) is 0 Å². The van der Waals surface area contributed by atoms with E-state index in [0.717, 1.165) is 17.8 Å². The lowest BCUT2D eigenvalue weighted by Crippen LogP contribution is -2.16. The smallest absolute Gasteiger partial charge is 0.237 e. The SMILES string of the molecule is CN(Cc1cccnc1)c1ccc(N=CC2C(=O)Nc3cccc(F)c32)cc1. The summed E-state index contributed by atoms with van der Waals surface area (Å²) in [6, 6.07) is 16.3. The molecular weight excluding hydrogens is 355 g/mol. The Morgan fingerprint density at radius 1 is 1.18 bits per heavy atom. The molecule has 2 aromatic carbocycles. The molecule has 0 spiro atoms. The Morgan fingerprint density at radius 2 is 2.00 bits per heavy atom. The average Bonchev–Trinajstić information content (AvgIpc) is 3.04. The molecule has 1 amide bonds. The lowest BCUT2D eigenvalue weighted by Gasteiger charge is -2.19. The number of hydrogen-bond donors (Lipinski definition) is 1. The number of nitrogens with zero attached hydrogens (tertiary/aromatic N) is 3. The maximum atomic E-state index is 14.1. The van der Waals surface area contributed by atoms with Gasteiger partial charge in [-0.25, -0.2) is 4.39 Å². The largest absolute Gasteiger partial charge is 0.370 e. The van der Waals surface area contributed by atoms with Crippen molar-refractivity contribution in [1.29, 1.82) is 0 Å². The number of carbonyl (C=O) groups excluding carboxylic acids is 1. The van der Waals surface area contributed by atoms with Crippen molar-refractivity contribution < 1.29 is 9.18 Å². The van der Waals surface area contributed by atoms with Crippen LogP contribution in [-0.4, -0.2) is 24.2 Å². The minimum Gasteiger partial charge on any atom is -0.370 e. The highest BCUT2D eigenvalue weighted by atomic mass is 19.1. The summed E-state index contributed by atoms with van der Waals surface area (Å²) in [5, 5.41) is 2.69. The zero-order valence-electron chi connectivity index (χ0n) is 15.3.